The van der Waals surface area contributed by atoms with Gasteiger partial charge in [0.25, 0.3) is 0 Å². The number of nitrogens with zero attached hydrogens (tertiary/aromatic N) is 2. The third kappa shape index (κ3) is 3.46. The van der Waals surface area contributed by atoms with Crippen LogP contribution in [0.3, 0.4) is 0 Å². The van der Waals surface area contributed by atoms with Crippen LogP contribution in [0.1, 0.15) is 17.5 Å². The molecule has 1 fully saturated rings. The number of thiazole rings is 1. The van der Waals surface area contributed by atoms with Crippen molar-refractivity contribution in [3.05, 3.63) is 59.7 Å². The highest BCUT2D eigenvalue weighted by molar-refractivity contribution is 7.22. The molecule has 1 saturated heterocycles. The molecule has 0 aliphatic carbocycles. The van der Waals surface area contributed by atoms with E-state index in [2.05, 4.69) is 10.3 Å². The first-order valence-corrected chi connectivity index (χ1v) is 9.40. The lowest BCUT2D eigenvalue weighted by atomic mass is 10.1. The molecule has 1 N–H and O–H groups in total. The molecule has 2 amide bonds. The number of aromatic nitrogens is 1. The molecule has 1 aliphatic rings. The second kappa shape index (κ2) is 6.88. The maximum Gasteiger partial charge on any atom is 0.231 e. The molecule has 0 radical (unpaired) electrons. The van der Waals surface area contributed by atoms with Crippen molar-refractivity contribution in [1.29, 1.82) is 0 Å². The highest BCUT2D eigenvalue weighted by Gasteiger charge is 2.34. The van der Waals surface area contributed by atoms with Crippen LogP contribution in [0, 0.1) is 12.8 Å². The van der Waals surface area contributed by atoms with Gasteiger partial charge >= 0.3 is 0 Å². The maximum atomic E-state index is 12.6. The molecule has 1 unspecified atom stereocenters. The lowest BCUT2D eigenvalue weighted by Crippen LogP contribution is -2.28. The highest BCUT2D eigenvalue weighted by atomic mass is 32.1. The van der Waals surface area contributed by atoms with Crippen LogP contribution in [0.4, 0.5) is 5.13 Å². The van der Waals surface area contributed by atoms with Crippen molar-refractivity contribution in [2.45, 2.75) is 19.9 Å². The normalized spacial score (nSPS) is 17.0. The zero-order valence-corrected chi connectivity index (χ0v) is 15.3. The van der Waals surface area contributed by atoms with E-state index < -0.39 is 0 Å². The minimum Gasteiger partial charge on any atom is -0.338 e. The fourth-order valence-electron chi connectivity index (χ4n) is 3.15. The molecule has 3 aromatic rings. The number of amides is 2. The van der Waals surface area contributed by atoms with E-state index in [-0.39, 0.29) is 24.2 Å². The summed E-state index contributed by atoms with van der Waals surface area (Å²) in [6, 6.07) is 15.9. The predicted octanol–water partition coefficient (Wildman–Crippen LogP) is 3.59. The smallest absolute Gasteiger partial charge is 0.231 e. The van der Waals surface area contributed by atoms with Crippen molar-refractivity contribution in [2.24, 2.45) is 5.92 Å². The molecular weight excluding hydrogens is 346 g/mol. The van der Waals surface area contributed by atoms with Gasteiger partial charge in [-0.25, -0.2) is 4.98 Å². The summed E-state index contributed by atoms with van der Waals surface area (Å²) in [7, 11) is 0. The lowest BCUT2D eigenvalue weighted by Gasteiger charge is -2.16. The Bertz CT molecular complexity index is 932. The van der Waals surface area contributed by atoms with E-state index in [0.29, 0.717) is 18.2 Å². The van der Waals surface area contributed by atoms with Crippen LogP contribution in [0.25, 0.3) is 10.2 Å². The number of fused-ring (bicyclic) bond motifs is 1. The molecular formula is C20H19N3O2S. The van der Waals surface area contributed by atoms with Crippen LogP contribution in [-0.4, -0.2) is 28.2 Å². The Morgan fingerprint density at radius 1 is 1.23 bits per heavy atom. The minimum atomic E-state index is -0.333. The number of benzene rings is 2. The minimum absolute atomic E-state index is 0.0232. The van der Waals surface area contributed by atoms with Gasteiger partial charge in [0.1, 0.15) is 0 Å². The second-order valence-corrected chi connectivity index (χ2v) is 7.67. The Balaban J connectivity index is 1.40. The van der Waals surface area contributed by atoms with E-state index >= 15 is 0 Å². The number of rotatable bonds is 4. The summed E-state index contributed by atoms with van der Waals surface area (Å²) in [5.74, 6) is -0.446. The SMILES string of the molecule is Cc1ccc(CN2CC(C(=O)Nc3nc4ccccc4s3)CC2=O)cc1. The monoisotopic (exact) mass is 365 g/mol. The van der Waals surface area contributed by atoms with Crippen molar-refractivity contribution >= 4 is 38.5 Å². The summed E-state index contributed by atoms with van der Waals surface area (Å²) >= 11 is 1.45. The van der Waals surface area contributed by atoms with Crippen LogP contribution in [0.15, 0.2) is 48.5 Å². The Hall–Kier alpha value is -2.73. The van der Waals surface area contributed by atoms with Gasteiger partial charge in [0.15, 0.2) is 5.13 Å². The molecule has 0 spiro atoms. The Morgan fingerprint density at radius 2 is 2.00 bits per heavy atom. The molecule has 0 saturated carbocycles. The van der Waals surface area contributed by atoms with Crippen LogP contribution < -0.4 is 5.32 Å². The molecule has 2 aromatic carbocycles. The van der Waals surface area contributed by atoms with Crippen molar-refractivity contribution in [1.82, 2.24) is 9.88 Å². The third-order valence-electron chi connectivity index (χ3n) is 4.60. The second-order valence-electron chi connectivity index (χ2n) is 6.64. The molecule has 132 valence electrons. The number of aryl methyl sites for hydroxylation is 1. The number of likely N-dealkylation sites (tertiary alicyclic amines) is 1. The predicted molar refractivity (Wildman–Crippen MR) is 103 cm³/mol. The fraction of sp³-hybridized carbons (Fsp3) is 0.250. The van der Waals surface area contributed by atoms with Gasteiger partial charge in [-0.15, -0.1) is 0 Å². The molecule has 1 aromatic heterocycles. The summed E-state index contributed by atoms with van der Waals surface area (Å²) in [6.45, 7) is 3.03. The van der Waals surface area contributed by atoms with Gasteiger partial charge in [-0.05, 0) is 24.6 Å². The van der Waals surface area contributed by atoms with E-state index in [9.17, 15) is 9.59 Å². The number of nitrogens with one attached hydrogen (secondary N) is 1. The maximum absolute atomic E-state index is 12.6. The topological polar surface area (TPSA) is 62.3 Å². The molecule has 5 nitrogen and oxygen atoms in total. The highest BCUT2D eigenvalue weighted by Crippen LogP contribution is 2.27. The number of hydrogen-bond acceptors (Lipinski definition) is 4. The molecule has 1 atom stereocenters. The summed E-state index contributed by atoms with van der Waals surface area (Å²) in [4.78, 5) is 31.0. The lowest BCUT2D eigenvalue weighted by molar-refractivity contribution is -0.128. The average molecular weight is 365 g/mol. The average Bonchev–Trinajstić information content (AvgIpc) is 3.20. The zero-order valence-electron chi connectivity index (χ0n) is 14.4. The Kier molecular flexibility index (Phi) is 4.42. The van der Waals surface area contributed by atoms with Gasteiger partial charge in [0.2, 0.25) is 11.8 Å². The quantitative estimate of drug-likeness (QED) is 0.768. The summed E-state index contributed by atoms with van der Waals surface area (Å²) in [6.07, 6.45) is 0.253. The molecule has 1 aliphatic heterocycles. The third-order valence-corrected chi connectivity index (χ3v) is 5.56. The van der Waals surface area contributed by atoms with Gasteiger partial charge in [0, 0.05) is 19.5 Å². The van der Waals surface area contributed by atoms with Gasteiger partial charge in [-0.2, -0.15) is 0 Å². The Morgan fingerprint density at radius 3 is 2.77 bits per heavy atom. The number of anilines is 1. The van der Waals surface area contributed by atoms with Gasteiger partial charge in [-0.3, -0.25) is 9.59 Å². The first-order chi connectivity index (χ1) is 12.6. The first-order valence-electron chi connectivity index (χ1n) is 8.58. The van der Waals surface area contributed by atoms with E-state index in [1.807, 2.05) is 55.5 Å². The molecule has 26 heavy (non-hydrogen) atoms. The standard InChI is InChI=1S/C20H19N3O2S/c1-13-6-8-14(9-7-13)11-23-12-15(10-18(23)24)19(25)22-20-21-16-4-2-3-5-17(16)26-20/h2-9,15H,10-12H2,1H3,(H,21,22,25). The van der Waals surface area contributed by atoms with Crippen LogP contribution >= 0.6 is 11.3 Å². The Labute approximate surface area is 155 Å². The fourth-order valence-corrected chi connectivity index (χ4v) is 4.02. The van der Waals surface area contributed by atoms with Gasteiger partial charge in [-0.1, -0.05) is 53.3 Å². The number of hydrogen-bond donors (Lipinski definition) is 1. The molecule has 4 rings (SSSR count). The molecule has 2 heterocycles. The van der Waals surface area contributed by atoms with Gasteiger partial charge < -0.3 is 10.2 Å². The summed E-state index contributed by atoms with van der Waals surface area (Å²) < 4.78 is 1.03. The van der Waals surface area contributed by atoms with Crippen molar-refractivity contribution in [3.63, 3.8) is 0 Å². The van der Waals surface area contributed by atoms with Crippen molar-refractivity contribution in [2.75, 3.05) is 11.9 Å². The van der Waals surface area contributed by atoms with Crippen molar-refractivity contribution in [3.8, 4) is 0 Å². The first kappa shape index (κ1) is 16.7. The molecule has 0 bridgehead atoms. The molecule has 6 heteroatoms. The number of para-hydroxylation sites is 1. The number of carbonyl (C=O) groups excluding carboxylic acids is 2. The van der Waals surface area contributed by atoms with Crippen molar-refractivity contribution < 1.29 is 9.59 Å². The summed E-state index contributed by atoms with van der Waals surface area (Å²) in [5, 5.41) is 3.46. The zero-order chi connectivity index (χ0) is 18.1. The van der Waals surface area contributed by atoms with E-state index in [4.69, 9.17) is 0 Å². The summed E-state index contributed by atoms with van der Waals surface area (Å²) in [5.41, 5.74) is 3.14. The van der Waals surface area contributed by atoms with E-state index in [1.54, 1.807) is 4.90 Å². The van der Waals surface area contributed by atoms with Crippen LogP contribution in [0.2, 0.25) is 0 Å². The van der Waals surface area contributed by atoms with Gasteiger partial charge in [0.05, 0.1) is 16.1 Å². The number of carbonyl (C=O) groups is 2. The van der Waals surface area contributed by atoms with E-state index in [1.165, 1.54) is 16.9 Å². The van der Waals surface area contributed by atoms with Crippen LogP contribution in [0.5, 0.6) is 0 Å². The van der Waals surface area contributed by atoms with E-state index in [0.717, 1.165) is 15.8 Å². The largest absolute Gasteiger partial charge is 0.338 e. The van der Waals surface area contributed by atoms with Crippen LogP contribution in [-0.2, 0) is 16.1 Å².